The molecule has 5 nitrogen and oxygen atoms in total. The van der Waals surface area contributed by atoms with Gasteiger partial charge in [0.15, 0.2) is 5.96 Å². The fourth-order valence-corrected chi connectivity index (χ4v) is 2.74. The molecule has 2 N–H and O–H groups in total. The van der Waals surface area contributed by atoms with Crippen molar-refractivity contribution in [2.24, 2.45) is 4.99 Å². The second-order valence-corrected chi connectivity index (χ2v) is 6.02. The van der Waals surface area contributed by atoms with Crippen LogP contribution in [0.1, 0.15) is 12.0 Å². The fraction of sp³-hybridized carbons (Fsp3) is 0.588. The highest BCUT2D eigenvalue weighted by atomic mass is 127. The molecular weight excluding hydrogens is 460 g/mol. The predicted octanol–water partition coefficient (Wildman–Crippen LogP) is 2.62. The van der Waals surface area contributed by atoms with E-state index in [-0.39, 0.29) is 30.0 Å². The second-order valence-electron chi connectivity index (χ2n) is 6.02. The Kier molecular flexibility index (Phi) is 10.3. The van der Waals surface area contributed by atoms with Gasteiger partial charge < -0.3 is 15.4 Å². The molecule has 1 heterocycles. The van der Waals surface area contributed by atoms with Gasteiger partial charge in [0.25, 0.3) is 0 Å². The maximum Gasteiger partial charge on any atom is 0.401 e. The summed E-state index contributed by atoms with van der Waals surface area (Å²) < 4.78 is 42.8. The molecule has 1 aromatic carbocycles. The van der Waals surface area contributed by atoms with Crippen molar-refractivity contribution in [2.75, 3.05) is 39.8 Å². The molecule has 1 unspecified atom stereocenters. The van der Waals surface area contributed by atoms with E-state index in [1.54, 1.807) is 7.05 Å². The van der Waals surface area contributed by atoms with Crippen molar-refractivity contribution >= 4 is 29.9 Å². The molecule has 0 aromatic heterocycles. The Bertz CT molecular complexity index is 543. The van der Waals surface area contributed by atoms with Gasteiger partial charge in [0.2, 0.25) is 0 Å². The Labute approximate surface area is 169 Å². The molecule has 1 aliphatic heterocycles. The van der Waals surface area contributed by atoms with Crippen LogP contribution in [0.2, 0.25) is 0 Å². The maximum atomic E-state index is 12.4. The standard InChI is InChI=1S/C17H25F3N4O.HI/c1-21-16(22-8-10-25-12-14-5-3-2-4-6-14)23-15-7-9-24(11-15)13-17(18,19)20;/h2-6,15H,7-13H2,1H3,(H2,21,22,23);1H. The second kappa shape index (κ2) is 11.6. The molecule has 0 bridgehead atoms. The average Bonchev–Trinajstić information content (AvgIpc) is 2.99. The number of nitrogens with zero attached hydrogens (tertiary/aromatic N) is 2. The lowest BCUT2D eigenvalue weighted by Gasteiger charge is -2.19. The van der Waals surface area contributed by atoms with Gasteiger partial charge in [-0.3, -0.25) is 9.89 Å². The maximum absolute atomic E-state index is 12.4. The van der Waals surface area contributed by atoms with Crippen molar-refractivity contribution in [3.8, 4) is 0 Å². The molecule has 148 valence electrons. The van der Waals surface area contributed by atoms with Crippen molar-refractivity contribution in [3.63, 3.8) is 0 Å². The average molecular weight is 486 g/mol. The lowest BCUT2D eigenvalue weighted by atomic mass is 10.2. The highest BCUT2D eigenvalue weighted by Crippen LogP contribution is 2.19. The first-order valence-corrected chi connectivity index (χ1v) is 8.34. The summed E-state index contributed by atoms with van der Waals surface area (Å²) in [7, 11) is 1.64. The zero-order chi connectivity index (χ0) is 18.1. The van der Waals surface area contributed by atoms with Crippen LogP contribution in [-0.2, 0) is 11.3 Å². The van der Waals surface area contributed by atoms with Crippen LogP contribution in [0.15, 0.2) is 35.3 Å². The van der Waals surface area contributed by atoms with Gasteiger partial charge in [0.1, 0.15) is 0 Å². The minimum Gasteiger partial charge on any atom is -0.375 e. The van der Waals surface area contributed by atoms with Crippen LogP contribution in [0.4, 0.5) is 13.2 Å². The Balaban J connectivity index is 0.00000338. The Morgan fingerprint density at radius 2 is 2.04 bits per heavy atom. The van der Waals surface area contributed by atoms with Gasteiger partial charge in [-0.05, 0) is 12.0 Å². The molecule has 0 amide bonds. The summed E-state index contributed by atoms with van der Waals surface area (Å²) in [5.74, 6) is 0.585. The molecular formula is C17H26F3IN4O. The van der Waals surface area contributed by atoms with E-state index in [4.69, 9.17) is 4.74 Å². The first-order chi connectivity index (χ1) is 12.0. The first-order valence-electron chi connectivity index (χ1n) is 8.34. The van der Waals surface area contributed by atoms with Gasteiger partial charge in [0, 0.05) is 32.7 Å². The molecule has 2 rings (SSSR count). The largest absolute Gasteiger partial charge is 0.401 e. The third-order valence-electron chi connectivity index (χ3n) is 3.89. The third-order valence-corrected chi connectivity index (χ3v) is 3.89. The third kappa shape index (κ3) is 9.04. The van der Waals surface area contributed by atoms with Gasteiger partial charge in [-0.25, -0.2) is 0 Å². The quantitative estimate of drug-likeness (QED) is 0.270. The number of halogens is 4. The molecule has 1 atom stereocenters. The Hall–Kier alpha value is -1.07. The van der Waals surface area contributed by atoms with Crippen LogP contribution in [0.5, 0.6) is 0 Å². The number of hydrogen-bond donors (Lipinski definition) is 2. The van der Waals surface area contributed by atoms with E-state index in [9.17, 15) is 13.2 Å². The summed E-state index contributed by atoms with van der Waals surface area (Å²) in [4.78, 5) is 5.52. The van der Waals surface area contributed by atoms with E-state index < -0.39 is 12.7 Å². The zero-order valence-corrected chi connectivity index (χ0v) is 17.1. The van der Waals surface area contributed by atoms with E-state index in [1.807, 2.05) is 30.3 Å². The number of alkyl halides is 3. The van der Waals surface area contributed by atoms with Gasteiger partial charge >= 0.3 is 6.18 Å². The SMILES string of the molecule is CN=C(NCCOCc1ccccc1)NC1CCN(CC(F)(F)F)C1.I. The van der Waals surface area contributed by atoms with Crippen molar-refractivity contribution in [1.82, 2.24) is 15.5 Å². The Morgan fingerprint density at radius 1 is 1.31 bits per heavy atom. The molecule has 0 radical (unpaired) electrons. The highest BCUT2D eigenvalue weighted by Gasteiger charge is 2.34. The molecule has 26 heavy (non-hydrogen) atoms. The fourth-order valence-electron chi connectivity index (χ4n) is 2.74. The number of guanidine groups is 1. The predicted molar refractivity (Wildman–Crippen MR) is 107 cm³/mol. The number of nitrogens with one attached hydrogen (secondary N) is 2. The van der Waals surface area contributed by atoms with Crippen LogP contribution in [0, 0.1) is 0 Å². The van der Waals surface area contributed by atoms with Gasteiger partial charge in [-0.2, -0.15) is 13.2 Å². The number of aliphatic imine (C=N–C) groups is 1. The van der Waals surface area contributed by atoms with Gasteiger partial charge in [0.05, 0.1) is 19.8 Å². The zero-order valence-electron chi connectivity index (χ0n) is 14.8. The summed E-state index contributed by atoms with van der Waals surface area (Å²) in [6.07, 6.45) is -3.48. The molecule has 0 saturated carbocycles. The summed E-state index contributed by atoms with van der Waals surface area (Å²) in [5, 5.41) is 6.28. The van der Waals surface area contributed by atoms with Crippen molar-refractivity contribution in [2.45, 2.75) is 25.2 Å². The normalized spacial score (nSPS) is 18.5. The van der Waals surface area contributed by atoms with Gasteiger partial charge in [-0.15, -0.1) is 24.0 Å². The monoisotopic (exact) mass is 486 g/mol. The summed E-state index contributed by atoms with van der Waals surface area (Å²) in [6.45, 7) is 1.58. The Morgan fingerprint density at radius 3 is 2.69 bits per heavy atom. The van der Waals surface area contributed by atoms with Crippen LogP contribution in [0.25, 0.3) is 0 Å². The molecule has 1 fully saturated rings. The summed E-state index contributed by atoms with van der Waals surface area (Å²) in [6, 6.07) is 9.86. The van der Waals surface area contributed by atoms with Crippen LogP contribution in [-0.4, -0.2) is 62.9 Å². The van der Waals surface area contributed by atoms with E-state index in [1.165, 1.54) is 4.90 Å². The summed E-state index contributed by atoms with van der Waals surface area (Å²) in [5.41, 5.74) is 1.11. The lowest BCUT2D eigenvalue weighted by molar-refractivity contribution is -0.143. The highest BCUT2D eigenvalue weighted by molar-refractivity contribution is 14.0. The number of rotatable bonds is 7. The number of likely N-dealkylation sites (tertiary alicyclic amines) is 1. The molecule has 1 saturated heterocycles. The minimum atomic E-state index is -4.15. The van der Waals surface area contributed by atoms with Crippen molar-refractivity contribution in [1.29, 1.82) is 0 Å². The van der Waals surface area contributed by atoms with Gasteiger partial charge in [-0.1, -0.05) is 30.3 Å². The lowest BCUT2D eigenvalue weighted by Crippen LogP contribution is -2.46. The van der Waals surface area contributed by atoms with E-state index in [0.717, 1.165) is 5.56 Å². The van der Waals surface area contributed by atoms with Crippen LogP contribution >= 0.6 is 24.0 Å². The number of ether oxygens (including phenoxy) is 1. The van der Waals surface area contributed by atoms with E-state index >= 15 is 0 Å². The number of benzene rings is 1. The summed E-state index contributed by atoms with van der Waals surface area (Å²) >= 11 is 0. The van der Waals surface area contributed by atoms with E-state index in [0.29, 0.717) is 45.2 Å². The van der Waals surface area contributed by atoms with Crippen molar-refractivity contribution < 1.29 is 17.9 Å². The van der Waals surface area contributed by atoms with Crippen molar-refractivity contribution in [3.05, 3.63) is 35.9 Å². The molecule has 0 spiro atoms. The number of hydrogen-bond acceptors (Lipinski definition) is 3. The molecule has 1 aromatic rings. The van der Waals surface area contributed by atoms with E-state index in [2.05, 4.69) is 15.6 Å². The van der Waals surface area contributed by atoms with Crippen LogP contribution < -0.4 is 10.6 Å². The van der Waals surface area contributed by atoms with Crippen LogP contribution in [0.3, 0.4) is 0 Å². The minimum absolute atomic E-state index is 0. The molecule has 0 aliphatic carbocycles. The first kappa shape index (κ1) is 23.0. The smallest absolute Gasteiger partial charge is 0.375 e. The molecule has 9 heteroatoms. The molecule has 1 aliphatic rings. The topological polar surface area (TPSA) is 48.9 Å².